The summed E-state index contributed by atoms with van der Waals surface area (Å²) < 4.78 is 27.1. The second-order valence-electron chi connectivity index (χ2n) is 7.43. The number of nitrogens with two attached hydrogens (primary N) is 1. The van der Waals surface area contributed by atoms with Gasteiger partial charge in [0.05, 0.1) is 26.7 Å². The van der Waals surface area contributed by atoms with Crippen molar-refractivity contribution in [1.29, 1.82) is 0 Å². The average molecular weight is 399 g/mol. The molecule has 0 spiro atoms. The lowest BCUT2D eigenvalue weighted by Gasteiger charge is -2.37. The van der Waals surface area contributed by atoms with E-state index >= 15 is 0 Å². The summed E-state index contributed by atoms with van der Waals surface area (Å²) >= 11 is 0. The zero-order valence-corrected chi connectivity index (χ0v) is 16.0. The summed E-state index contributed by atoms with van der Waals surface area (Å²) in [6.07, 6.45) is 0. The number of esters is 1. The maximum absolute atomic E-state index is 12.7. The molecular formula is C21H21NO7. The van der Waals surface area contributed by atoms with Crippen LogP contribution in [-0.4, -0.2) is 38.7 Å². The molecule has 0 amide bonds. The standard InChI is InChI=1S/C21H21NO7/c1-25-15-3-9(4-16(26-2)20(15)23)17-10-5-13-14(29-8-28-13)6-11(10)19(22)12-7-27-21(24)18(12)17/h3-6,12,17-19,23H,7-8,22H2,1-2H3/t12?,17-,18+,19+/m1/s1. The number of phenolic OH excluding ortho intramolecular Hbond substituents is 1. The van der Waals surface area contributed by atoms with E-state index in [1.54, 1.807) is 12.1 Å². The Labute approximate surface area is 167 Å². The zero-order valence-electron chi connectivity index (χ0n) is 16.0. The van der Waals surface area contributed by atoms with Crippen LogP contribution in [0.4, 0.5) is 0 Å². The van der Waals surface area contributed by atoms with E-state index in [-0.39, 0.29) is 54.5 Å². The number of methoxy groups -OCH3 is 2. The summed E-state index contributed by atoms with van der Waals surface area (Å²) in [6.45, 7) is 0.412. The molecule has 8 nitrogen and oxygen atoms in total. The van der Waals surface area contributed by atoms with Gasteiger partial charge in [-0.15, -0.1) is 0 Å². The Hall–Kier alpha value is -3.13. The molecule has 152 valence electrons. The summed E-state index contributed by atoms with van der Waals surface area (Å²) in [5, 5.41) is 10.3. The second-order valence-corrected chi connectivity index (χ2v) is 7.43. The number of hydrogen-bond donors (Lipinski definition) is 2. The minimum absolute atomic E-state index is 0.0947. The molecule has 0 radical (unpaired) electrons. The van der Waals surface area contributed by atoms with Gasteiger partial charge in [-0.1, -0.05) is 0 Å². The molecule has 0 saturated carbocycles. The summed E-state index contributed by atoms with van der Waals surface area (Å²) in [6, 6.07) is 6.85. The van der Waals surface area contributed by atoms with Crippen LogP contribution < -0.4 is 24.7 Å². The zero-order chi connectivity index (χ0) is 20.3. The van der Waals surface area contributed by atoms with Crippen molar-refractivity contribution < 1.29 is 33.6 Å². The molecule has 29 heavy (non-hydrogen) atoms. The van der Waals surface area contributed by atoms with Crippen LogP contribution in [0.2, 0.25) is 0 Å². The van der Waals surface area contributed by atoms with Gasteiger partial charge in [-0.3, -0.25) is 4.79 Å². The van der Waals surface area contributed by atoms with Gasteiger partial charge < -0.3 is 34.5 Å². The van der Waals surface area contributed by atoms with Crippen molar-refractivity contribution >= 4 is 5.97 Å². The van der Waals surface area contributed by atoms with E-state index in [4.69, 9.17) is 29.4 Å². The molecule has 1 fully saturated rings. The molecule has 1 unspecified atom stereocenters. The minimum atomic E-state index is -0.461. The first-order valence-corrected chi connectivity index (χ1v) is 9.34. The maximum Gasteiger partial charge on any atom is 0.310 e. The van der Waals surface area contributed by atoms with E-state index in [0.717, 1.165) is 16.7 Å². The Kier molecular flexibility index (Phi) is 3.99. The fraction of sp³-hybridized carbons (Fsp3) is 0.381. The molecular weight excluding hydrogens is 378 g/mol. The Bertz CT molecular complexity index is 980. The van der Waals surface area contributed by atoms with Crippen molar-refractivity contribution in [3.63, 3.8) is 0 Å². The van der Waals surface area contributed by atoms with Gasteiger partial charge in [-0.05, 0) is 41.0 Å². The number of cyclic esters (lactones) is 1. The molecule has 1 aliphatic carbocycles. The first kappa shape index (κ1) is 17.9. The quantitative estimate of drug-likeness (QED) is 0.755. The molecule has 0 aromatic heterocycles. The van der Waals surface area contributed by atoms with Crippen LogP contribution in [0.1, 0.15) is 28.7 Å². The van der Waals surface area contributed by atoms with Gasteiger partial charge in [0.1, 0.15) is 0 Å². The van der Waals surface area contributed by atoms with Gasteiger partial charge in [0.15, 0.2) is 23.0 Å². The number of ether oxygens (including phenoxy) is 5. The lowest BCUT2D eigenvalue weighted by atomic mass is 9.65. The van der Waals surface area contributed by atoms with E-state index < -0.39 is 5.92 Å². The Balaban J connectivity index is 1.75. The van der Waals surface area contributed by atoms with E-state index in [2.05, 4.69) is 0 Å². The Morgan fingerprint density at radius 1 is 1.00 bits per heavy atom. The third-order valence-corrected chi connectivity index (χ3v) is 6.11. The lowest BCUT2D eigenvalue weighted by Crippen LogP contribution is -2.38. The number of aromatic hydroxyl groups is 1. The number of fused-ring (bicyclic) bond motifs is 3. The summed E-state index contributed by atoms with van der Waals surface area (Å²) in [4.78, 5) is 12.7. The molecule has 2 heterocycles. The monoisotopic (exact) mass is 399 g/mol. The van der Waals surface area contributed by atoms with Crippen molar-refractivity contribution in [3.8, 4) is 28.7 Å². The SMILES string of the molecule is COc1cc([C@@H]2c3cc4c(cc3[C@H](N)C3COC(=O)[C@@H]32)OCO4)cc(OC)c1O. The average Bonchev–Trinajstić information content (AvgIpc) is 3.34. The Morgan fingerprint density at radius 3 is 2.24 bits per heavy atom. The molecule has 2 aromatic rings. The topological polar surface area (TPSA) is 109 Å². The smallest absolute Gasteiger partial charge is 0.310 e. The summed E-state index contributed by atoms with van der Waals surface area (Å²) in [5.74, 6) is 0.406. The first-order valence-electron chi connectivity index (χ1n) is 9.34. The number of benzene rings is 2. The van der Waals surface area contributed by atoms with E-state index in [9.17, 15) is 9.90 Å². The molecule has 5 rings (SSSR count). The van der Waals surface area contributed by atoms with Crippen LogP contribution in [0.15, 0.2) is 24.3 Å². The van der Waals surface area contributed by atoms with Crippen LogP contribution in [0.5, 0.6) is 28.7 Å². The van der Waals surface area contributed by atoms with E-state index in [1.807, 2.05) is 12.1 Å². The maximum atomic E-state index is 12.7. The Morgan fingerprint density at radius 2 is 1.62 bits per heavy atom. The molecule has 8 heteroatoms. The lowest BCUT2D eigenvalue weighted by molar-refractivity contribution is -0.141. The number of carbonyl (C=O) groups excluding carboxylic acids is 1. The van der Waals surface area contributed by atoms with E-state index in [1.165, 1.54) is 14.2 Å². The predicted molar refractivity (Wildman–Crippen MR) is 100 cm³/mol. The van der Waals surface area contributed by atoms with Crippen molar-refractivity contribution in [2.75, 3.05) is 27.6 Å². The second kappa shape index (κ2) is 6.45. The van der Waals surface area contributed by atoms with Crippen molar-refractivity contribution in [2.45, 2.75) is 12.0 Å². The summed E-state index contributed by atoms with van der Waals surface area (Å²) in [5.41, 5.74) is 9.07. The van der Waals surface area contributed by atoms with E-state index in [0.29, 0.717) is 11.5 Å². The fourth-order valence-electron chi connectivity index (χ4n) is 4.70. The number of phenols is 1. The highest BCUT2D eigenvalue weighted by Gasteiger charge is 2.51. The molecule has 0 bridgehead atoms. The predicted octanol–water partition coefficient (Wildman–Crippen LogP) is 2.07. The van der Waals surface area contributed by atoms with Gasteiger partial charge in [-0.2, -0.15) is 0 Å². The molecule has 1 saturated heterocycles. The van der Waals surface area contributed by atoms with Gasteiger partial charge in [0.25, 0.3) is 0 Å². The van der Waals surface area contributed by atoms with Gasteiger partial charge in [-0.25, -0.2) is 0 Å². The molecule has 2 aromatic carbocycles. The van der Waals surface area contributed by atoms with Crippen LogP contribution in [0.25, 0.3) is 0 Å². The third kappa shape index (κ3) is 2.52. The molecule has 2 aliphatic heterocycles. The summed E-state index contributed by atoms with van der Waals surface area (Å²) in [7, 11) is 2.93. The van der Waals surface area contributed by atoms with Gasteiger partial charge in [0.2, 0.25) is 12.5 Å². The van der Waals surface area contributed by atoms with Gasteiger partial charge in [0, 0.05) is 17.9 Å². The number of carbonyl (C=O) groups is 1. The third-order valence-electron chi connectivity index (χ3n) is 6.11. The number of hydrogen-bond acceptors (Lipinski definition) is 8. The largest absolute Gasteiger partial charge is 0.502 e. The molecule has 3 aliphatic rings. The van der Waals surface area contributed by atoms with Crippen molar-refractivity contribution in [3.05, 3.63) is 41.0 Å². The highest BCUT2D eigenvalue weighted by molar-refractivity contribution is 5.79. The molecule has 4 atom stereocenters. The first-order chi connectivity index (χ1) is 14.0. The van der Waals surface area contributed by atoms with Crippen LogP contribution in [-0.2, 0) is 9.53 Å². The minimum Gasteiger partial charge on any atom is -0.502 e. The number of rotatable bonds is 3. The highest BCUT2D eigenvalue weighted by atomic mass is 16.7. The van der Waals surface area contributed by atoms with Crippen LogP contribution in [0, 0.1) is 11.8 Å². The van der Waals surface area contributed by atoms with Crippen molar-refractivity contribution in [2.24, 2.45) is 17.6 Å². The molecule has 3 N–H and O–H groups in total. The van der Waals surface area contributed by atoms with Crippen LogP contribution >= 0.6 is 0 Å². The normalized spacial score (nSPS) is 26.5. The van der Waals surface area contributed by atoms with Crippen LogP contribution in [0.3, 0.4) is 0 Å². The fourth-order valence-corrected chi connectivity index (χ4v) is 4.70. The highest BCUT2D eigenvalue weighted by Crippen LogP contribution is 2.54. The van der Waals surface area contributed by atoms with Crippen molar-refractivity contribution in [1.82, 2.24) is 0 Å². The van der Waals surface area contributed by atoms with Gasteiger partial charge >= 0.3 is 5.97 Å².